The van der Waals surface area contributed by atoms with Gasteiger partial charge in [0.1, 0.15) is 0 Å². The number of aryl methyl sites for hydroxylation is 1. The Morgan fingerprint density at radius 3 is 2.68 bits per heavy atom. The molecule has 2 aliphatic rings. The molecule has 3 heterocycles. The van der Waals surface area contributed by atoms with E-state index in [0.717, 1.165) is 43.0 Å². The largest absolute Gasteiger partial charge is 0.417 e. The van der Waals surface area contributed by atoms with E-state index in [2.05, 4.69) is 10.3 Å². The third-order valence-electron chi connectivity index (χ3n) is 7.52. The number of imidazole rings is 1. The second kappa shape index (κ2) is 10.1. The molecule has 9 heteroatoms. The molecule has 5 nitrogen and oxygen atoms in total. The number of benzene rings is 2. The van der Waals surface area contributed by atoms with Crippen molar-refractivity contribution >= 4 is 34.1 Å². The molecule has 0 saturated carbocycles. The van der Waals surface area contributed by atoms with Crippen LogP contribution >= 0.6 is 11.6 Å². The van der Waals surface area contributed by atoms with Gasteiger partial charge in [0.25, 0.3) is 0 Å². The fourth-order valence-electron chi connectivity index (χ4n) is 5.40. The Morgan fingerprint density at radius 1 is 1.22 bits per heavy atom. The molecular formula is C28H30ClF3N4O. The zero-order valence-electron chi connectivity index (χ0n) is 20.9. The fraction of sp³-hybridized carbons (Fsp3) is 0.429. The van der Waals surface area contributed by atoms with Crippen LogP contribution in [0.2, 0.25) is 5.02 Å². The van der Waals surface area contributed by atoms with Crippen LogP contribution in [0.1, 0.15) is 60.9 Å². The summed E-state index contributed by atoms with van der Waals surface area (Å²) < 4.78 is 44.3. The van der Waals surface area contributed by atoms with E-state index in [-0.39, 0.29) is 29.1 Å². The second-order valence-corrected chi connectivity index (χ2v) is 10.4. The lowest BCUT2D eigenvalue weighted by molar-refractivity contribution is -0.138. The smallest absolute Gasteiger partial charge is 0.337 e. The summed E-state index contributed by atoms with van der Waals surface area (Å²) in [6.07, 6.45) is 2.03. The summed E-state index contributed by atoms with van der Waals surface area (Å²) in [7, 11) is 0. The number of hydrogen-bond donors (Lipinski definition) is 1. The molecule has 1 aromatic heterocycles. The molecule has 3 aromatic rings. The summed E-state index contributed by atoms with van der Waals surface area (Å²) in [5, 5.41) is 3.87. The maximum Gasteiger partial charge on any atom is 0.417 e. The van der Waals surface area contributed by atoms with Crippen molar-refractivity contribution in [3.8, 4) is 0 Å². The van der Waals surface area contributed by atoms with Crippen LogP contribution in [-0.4, -0.2) is 46.0 Å². The van der Waals surface area contributed by atoms with Gasteiger partial charge in [-0.3, -0.25) is 4.79 Å². The van der Waals surface area contributed by atoms with Gasteiger partial charge in [-0.05, 0) is 80.1 Å². The Bertz CT molecular complexity index is 1360. The molecule has 1 N–H and O–H groups in total. The molecule has 5 rings (SSSR count). The number of carbonyl (C=O) groups is 1. The van der Waals surface area contributed by atoms with Crippen molar-refractivity contribution in [2.75, 3.05) is 19.6 Å². The number of amides is 1. The molecule has 196 valence electrons. The number of piperidine rings is 1. The lowest BCUT2D eigenvalue weighted by Crippen LogP contribution is -2.49. The summed E-state index contributed by atoms with van der Waals surface area (Å²) in [5.41, 5.74) is 2.84. The maximum absolute atomic E-state index is 14.1. The van der Waals surface area contributed by atoms with Gasteiger partial charge in [-0.2, -0.15) is 13.2 Å². The van der Waals surface area contributed by atoms with E-state index in [1.54, 1.807) is 23.4 Å². The van der Waals surface area contributed by atoms with Gasteiger partial charge in [0.2, 0.25) is 5.91 Å². The molecule has 0 spiro atoms. The Balaban J connectivity index is 1.50. The summed E-state index contributed by atoms with van der Waals surface area (Å²) in [6, 6.07) is 8.09. The van der Waals surface area contributed by atoms with E-state index in [9.17, 15) is 18.0 Å². The van der Waals surface area contributed by atoms with E-state index < -0.39 is 11.7 Å². The van der Waals surface area contributed by atoms with Crippen LogP contribution in [0.25, 0.3) is 16.6 Å². The van der Waals surface area contributed by atoms with Crippen molar-refractivity contribution in [1.82, 2.24) is 19.8 Å². The molecule has 2 aliphatic heterocycles. The van der Waals surface area contributed by atoms with Crippen molar-refractivity contribution in [1.29, 1.82) is 0 Å². The van der Waals surface area contributed by atoms with Crippen molar-refractivity contribution in [2.24, 2.45) is 0 Å². The first-order valence-electron chi connectivity index (χ1n) is 12.7. The summed E-state index contributed by atoms with van der Waals surface area (Å²) >= 11 is 6.50. The van der Waals surface area contributed by atoms with Crippen molar-refractivity contribution in [2.45, 2.75) is 57.8 Å². The van der Waals surface area contributed by atoms with Gasteiger partial charge in [0, 0.05) is 18.1 Å². The monoisotopic (exact) mass is 530 g/mol. The predicted molar refractivity (Wildman–Crippen MR) is 140 cm³/mol. The SMILES string of the molecule is Cc1ccc([C@@H](C)n2cnc3cc(C(F)(F)F)c(C4=CCN(C(=O)[C@H]5CCCCN5)CC4)cc32)c(Cl)c1. The van der Waals surface area contributed by atoms with Crippen LogP contribution in [-0.2, 0) is 11.0 Å². The number of alkyl halides is 3. The molecular weight excluding hydrogens is 501 g/mol. The number of fused-ring (bicyclic) bond motifs is 1. The zero-order chi connectivity index (χ0) is 26.3. The maximum atomic E-state index is 14.1. The Morgan fingerprint density at radius 2 is 2.03 bits per heavy atom. The first-order chi connectivity index (χ1) is 17.6. The minimum Gasteiger partial charge on any atom is -0.337 e. The predicted octanol–water partition coefficient (Wildman–Crippen LogP) is 6.38. The first-order valence-corrected chi connectivity index (χ1v) is 13.1. The lowest BCUT2D eigenvalue weighted by atomic mass is 9.93. The topological polar surface area (TPSA) is 50.2 Å². The number of halogens is 4. The van der Waals surface area contributed by atoms with Crippen LogP contribution in [0.5, 0.6) is 0 Å². The highest BCUT2D eigenvalue weighted by Crippen LogP contribution is 2.40. The molecule has 2 aromatic carbocycles. The highest BCUT2D eigenvalue weighted by atomic mass is 35.5. The van der Waals surface area contributed by atoms with Crippen LogP contribution < -0.4 is 5.32 Å². The number of hydrogen-bond acceptors (Lipinski definition) is 3. The summed E-state index contributed by atoms with van der Waals surface area (Å²) in [6.45, 7) is 5.43. The number of aromatic nitrogens is 2. The van der Waals surface area contributed by atoms with Crippen molar-refractivity contribution in [3.63, 3.8) is 0 Å². The molecule has 2 atom stereocenters. The molecule has 0 aliphatic carbocycles. The Hall–Kier alpha value is -2.84. The van der Waals surface area contributed by atoms with E-state index in [0.29, 0.717) is 35.6 Å². The van der Waals surface area contributed by atoms with Crippen LogP contribution in [0, 0.1) is 6.92 Å². The molecule has 0 radical (unpaired) electrons. The van der Waals surface area contributed by atoms with Crippen LogP contribution in [0.4, 0.5) is 13.2 Å². The van der Waals surface area contributed by atoms with E-state index in [4.69, 9.17) is 11.6 Å². The van der Waals surface area contributed by atoms with Gasteiger partial charge in [0.15, 0.2) is 0 Å². The average Bonchev–Trinajstić information content (AvgIpc) is 3.30. The Kier molecular flexibility index (Phi) is 7.07. The quantitative estimate of drug-likeness (QED) is 0.425. The van der Waals surface area contributed by atoms with Crippen LogP contribution in [0.15, 0.2) is 42.7 Å². The summed E-state index contributed by atoms with van der Waals surface area (Å²) in [4.78, 5) is 18.9. The fourth-order valence-corrected chi connectivity index (χ4v) is 5.79. The highest BCUT2D eigenvalue weighted by molar-refractivity contribution is 6.31. The third-order valence-corrected chi connectivity index (χ3v) is 7.85. The van der Waals surface area contributed by atoms with Crippen molar-refractivity contribution < 1.29 is 18.0 Å². The second-order valence-electron chi connectivity index (χ2n) is 10.0. The van der Waals surface area contributed by atoms with Gasteiger partial charge in [-0.25, -0.2) is 4.98 Å². The van der Waals surface area contributed by atoms with E-state index >= 15 is 0 Å². The number of nitrogens with zero attached hydrogens (tertiary/aromatic N) is 3. The highest BCUT2D eigenvalue weighted by Gasteiger charge is 2.36. The number of rotatable bonds is 4. The minimum atomic E-state index is -4.53. The van der Waals surface area contributed by atoms with Crippen molar-refractivity contribution in [3.05, 3.63) is 70.0 Å². The molecule has 0 unspecified atom stereocenters. The van der Waals surface area contributed by atoms with E-state index in [1.807, 2.05) is 36.6 Å². The summed E-state index contributed by atoms with van der Waals surface area (Å²) in [5.74, 6) is 0.0309. The zero-order valence-corrected chi connectivity index (χ0v) is 21.7. The molecule has 1 amide bonds. The van der Waals surface area contributed by atoms with Gasteiger partial charge in [-0.15, -0.1) is 0 Å². The Labute approximate surface area is 219 Å². The van der Waals surface area contributed by atoms with Gasteiger partial charge in [0.05, 0.1) is 35.0 Å². The molecule has 1 fully saturated rings. The average molecular weight is 531 g/mol. The van der Waals surface area contributed by atoms with Gasteiger partial charge >= 0.3 is 6.18 Å². The molecule has 37 heavy (non-hydrogen) atoms. The number of nitrogens with one attached hydrogen (secondary N) is 1. The van der Waals surface area contributed by atoms with Crippen LogP contribution in [0.3, 0.4) is 0 Å². The molecule has 1 saturated heterocycles. The first kappa shape index (κ1) is 25.8. The normalized spacial score (nSPS) is 19.7. The van der Waals surface area contributed by atoms with Gasteiger partial charge in [-0.1, -0.05) is 36.2 Å². The molecule has 0 bridgehead atoms. The number of carbonyl (C=O) groups excluding carboxylic acids is 1. The van der Waals surface area contributed by atoms with E-state index in [1.165, 1.54) is 0 Å². The lowest BCUT2D eigenvalue weighted by Gasteiger charge is -2.32. The minimum absolute atomic E-state index is 0.0309. The standard InChI is InChI=1S/C28H30ClF3N4O/c1-17-6-7-20(23(29)13-17)18(2)36-16-34-25-15-22(28(30,31)32)21(14-26(25)36)19-8-11-35(12-9-19)27(37)24-5-3-4-10-33-24/h6-8,13-16,18,24,33H,3-5,9-12H2,1-2H3/t18-,24-/m1/s1. The van der Waals surface area contributed by atoms with Gasteiger partial charge < -0.3 is 14.8 Å². The third kappa shape index (κ3) is 5.14.